The van der Waals surface area contributed by atoms with E-state index >= 15 is 0 Å². The number of aromatic nitrogens is 2. The van der Waals surface area contributed by atoms with Gasteiger partial charge >= 0.3 is 0 Å². The minimum absolute atomic E-state index is 0.0600. The van der Waals surface area contributed by atoms with Crippen molar-refractivity contribution in [1.29, 1.82) is 0 Å². The molecule has 1 aromatic heterocycles. The van der Waals surface area contributed by atoms with E-state index < -0.39 is 0 Å². The predicted octanol–water partition coefficient (Wildman–Crippen LogP) is 2.59. The molecule has 0 saturated carbocycles. The fourth-order valence-electron chi connectivity index (χ4n) is 1.79. The number of hydrogen-bond acceptors (Lipinski definition) is 3. The molecule has 0 aliphatic carbocycles. The smallest absolute Gasteiger partial charge is 0.199 e. The van der Waals surface area contributed by atoms with E-state index in [0.717, 1.165) is 18.7 Å². The van der Waals surface area contributed by atoms with Gasteiger partial charge in [-0.25, -0.2) is 0 Å². The lowest BCUT2D eigenvalue weighted by Gasteiger charge is -2.07. The molecule has 1 heterocycles. The standard InChI is InChI=1S/C14H17N3O/c1-2-10-17-13(8-9-16-17)14(18)11-15-12-6-4-3-5-7-12/h3-9,15H,2,10-11H2,1H3. The second kappa shape index (κ2) is 6.00. The molecule has 0 fully saturated rings. The molecular formula is C14H17N3O. The van der Waals surface area contributed by atoms with Crippen LogP contribution in [0.4, 0.5) is 5.69 Å². The Morgan fingerprint density at radius 2 is 2.06 bits per heavy atom. The van der Waals surface area contributed by atoms with Crippen LogP contribution < -0.4 is 5.32 Å². The Balaban J connectivity index is 1.97. The molecular weight excluding hydrogens is 226 g/mol. The molecule has 0 radical (unpaired) electrons. The van der Waals surface area contributed by atoms with Gasteiger partial charge in [-0.15, -0.1) is 0 Å². The first-order valence-corrected chi connectivity index (χ1v) is 6.15. The summed E-state index contributed by atoms with van der Waals surface area (Å²) in [5.41, 5.74) is 1.62. The zero-order chi connectivity index (χ0) is 12.8. The molecule has 1 N–H and O–H groups in total. The van der Waals surface area contributed by atoms with Crippen molar-refractivity contribution >= 4 is 11.5 Å². The van der Waals surface area contributed by atoms with Crippen LogP contribution in [0, 0.1) is 0 Å². The summed E-state index contributed by atoms with van der Waals surface area (Å²) in [5, 5.41) is 7.26. The third-order valence-electron chi connectivity index (χ3n) is 2.66. The number of carbonyl (C=O) groups is 1. The summed E-state index contributed by atoms with van der Waals surface area (Å²) in [6.07, 6.45) is 2.64. The van der Waals surface area contributed by atoms with Crippen LogP contribution in [0.3, 0.4) is 0 Å². The van der Waals surface area contributed by atoms with Crippen molar-refractivity contribution in [3.05, 3.63) is 48.3 Å². The van der Waals surface area contributed by atoms with Crippen molar-refractivity contribution in [2.24, 2.45) is 0 Å². The fourth-order valence-corrected chi connectivity index (χ4v) is 1.79. The number of rotatable bonds is 6. The van der Waals surface area contributed by atoms with Gasteiger partial charge in [0, 0.05) is 18.4 Å². The largest absolute Gasteiger partial charge is 0.378 e. The number of anilines is 1. The number of nitrogens with zero attached hydrogens (tertiary/aromatic N) is 2. The van der Waals surface area contributed by atoms with E-state index in [2.05, 4.69) is 17.3 Å². The predicted molar refractivity (Wildman–Crippen MR) is 71.8 cm³/mol. The van der Waals surface area contributed by atoms with Crippen LogP contribution in [-0.2, 0) is 6.54 Å². The SMILES string of the molecule is CCCn1nccc1C(=O)CNc1ccccc1. The minimum Gasteiger partial charge on any atom is -0.378 e. The van der Waals surface area contributed by atoms with E-state index in [-0.39, 0.29) is 5.78 Å². The molecule has 0 aliphatic rings. The third kappa shape index (κ3) is 2.97. The molecule has 0 aliphatic heterocycles. The highest BCUT2D eigenvalue weighted by molar-refractivity contribution is 5.97. The molecule has 0 unspecified atom stereocenters. The molecule has 0 amide bonds. The van der Waals surface area contributed by atoms with Crippen molar-refractivity contribution in [1.82, 2.24) is 9.78 Å². The second-order valence-electron chi connectivity index (χ2n) is 4.08. The topological polar surface area (TPSA) is 46.9 Å². The summed E-state index contributed by atoms with van der Waals surface area (Å²) in [5.74, 6) is 0.0600. The summed E-state index contributed by atoms with van der Waals surface area (Å²) >= 11 is 0. The number of ketones is 1. The van der Waals surface area contributed by atoms with E-state index in [1.807, 2.05) is 30.3 Å². The van der Waals surface area contributed by atoms with Crippen molar-refractivity contribution in [2.75, 3.05) is 11.9 Å². The summed E-state index contributed by atoms with van der Waals surface area (Å²) in [7, 11) is 0. The molecule has 18 heavy (non-hydrogen) atoms. The fraction of sp³-hybridized carbons (Fsp3) is 0.286. The summed E-state index contributed by atoms with van der Waals surface area (Å²) in [6, 6.07) is 11.5. The Hall–Kier alpha value is -2.10. The molecule has 1 aromatic carbocycles. The van der Waals surface area contributed by atoms with Gasteiger partial charge in [-0.2, -0.15) is 5.10 Å². The summed E-state index contributed by atoms with van der Waals surface area (Å²) in [6.45, 7) is 3.14. The Morgan fingerprint density at radius 3 is 2.78 bits per heavy atom. The Bertz CT molecular complexity index is 505. The van der Waals surface area contributed by atoms with E-state index in [1.165, 1.54) is 0 Å². The molecule has 2 aromatic rings. The van der Waals surface area contributed by atoms with Crippen LogP contribution >= 0.6 is 0 Å². The van der Waals surface area contributed by atoms with Crippen LogP contribution in [0.2, 0.25) is 0 Å². The molecule has 94 valence electrons. The maximum atomic E-state index is 12.1. The maximum Gasteiger partial charge on any atom is 0.199 e. The highest BCUT2D eigenvalue weighted by atomic mass is 16.1. The molecule has 0 bridgehead atoms. The number of Topliss-reactive ketones (excluding diaryl/α,β-unsaturated/α-hetero) is 1. The van der Waals surface area contributed by atoms with E-state index in [0.29, 0.717) is 12.2 Å². The van der Waals surface area contributed by atoms with E-state index in [9.17, 15) is 4.79 Å². The Labute approximate surface area is 107 Å². The lowest BCUT2D eigenvalue weighted by molar-refractivity contribution is 0.0995. The van der Waals surface area contributed by atoms with Crippen molar-refractivity contribution in [2.45, 2.75) is 19.9 Å². The Kier molecular flexibility index (Phi) is 4.12. The van der Waals surface area contributed by atoms with Crippen LogP contribution in [0.1, 0.15) is 23.8 Å². The van der Waals surface area contributed by atoms with Crippen molar-refractivity contribution in [3.8, 4) is 0 Å². The van der Waals surface area contributed by atoms with Gasteiger partial charge in [0.05, 0.1) is 6.54 Å². The van der Waals surface area contributed by atoms with Crippen LogP contribution in [0.15, 0.2) is 42.6 Å². The van der Waals surface area contributed by atoms with Gasteiger partial charge in [0.25, 0.3) is 0 Å². The monoisotopic (exact) mass is 243 g/mol. The van der Waals surface area contributed by atoms with Crippen LogP contribution in [0.5, 0.6) is 0 Å². The lowest BCUT2D eigenvalue weighted by Crippen LogP contribution is -2.18. The quantitative estimate of drug-likeness (QED) is 0.793. The van der Waals surface area contributed by atoms with Gasteiger partial charge in [-0.05, 0) is 24.6 Å². The average Bonchev–Trinajstić information content (AvgIpc) is 2.86. The van der Waals surface area contributed by atoms with Gasteiger partial charge in [0.15, 0.2) is 5.78 Å². The molecule has 4 heteroatoms. The Morgan fingerprint density at radius 1 is 1.28 bits per heavy atom. The number of aryl methyl sites for hydroxylation is 1. The third-order valence-corrected chi connectivity index (χ3v) is 2.66. The summed E-state index contributed by atoms with van der Waals surface area (Å²) < 4.78 is 1.76. The summed E-state index contributed by atoms with van der Waals surface area (Å²) in [4.78, 5) is 12.1. The highest BCUT2D eigenvalue weighted by Gasteiger charge is 2.10. The molecule has 2 rings (SSSR count). The molecule has 0 atom stereocenters. The van der Waals surface area contributed by atoms with Crippen molar-refractivity contribution < 1.29 is 4.79 Å². The first kappa shape index (κ1) is 12.4. The zero-order valence-electron chi connectivity index (χ0n) is 10.5. The molecule has 4 nitrogen and oxygen atoms in total. The number of hydrogen-bond donors (Lipinski definition) is 1. The van der Waals surface area contributed by atoms with E-state index in [4.69, 9.17) is 0 Å². The second-order valence-corrected chi connectivity index (χ2v) is 4.08. The zero-order valence-corrected chi connectivity index (χ0v) is 10.5. The number of benzene rings is 1. The highest BCUT2D eigenvalue weighted by Crippen LogP contribution is 2.06. The van der Waals surface area contributed by atoms with E-state index in [1.54, 1.807) is 16.9 Å². The van der Waals surface area contributed by atoms with Crippen LogP contribution in [-0.4, -0.2) is 22.1 Å². The van der Waals surface area contributed by atoms with Gasteiger partial charge in [-0.1, -0.05) is 25.1 Å². The van der Waals surface area contributed by atoms with Gasteiger partial charge in [0.1, 0.15) is 5.69 Å². The minimum atomic E-state index is 0.0600. The number of para-hydroxylation sites is 1. The normalized spacial score (nSPS) is 10.3. The maximum absolute atomic E-state index is 12.1. The first-order chi connectivity index (χ1) is 8.81. The number of nitrogens with one attached hydrogen (secondary N) is 1. The van der Waals surface area contributed by atoms with Gasteiger partial charge in [-0.3, -0.25) is 9.48 Å². The van der Waals surface area contributed by atoms with Crippen molar-refractivity contribution in [3.63, 3.8) is 0 Å². The first-order valence-electron chi connectivity index (χ1n) is 6.15. The van der Waals surface area contributed by atoms with Gasteiger partial charge < -0.3 is 5.32 Å². The average molecular weight is 243 g/mol. The van der Waals surface area contributed by atoms with Gasteiger partial charge in [0.2, 0.25) is 0 Å². The van der Waals surface area contributed by atoms with Crippen LogP contribution in [0.25, 0.3) is 0 Å². The molecule has 0 saturated heterocycles. The lowest BCUT2D eigenvalue weighted by atomic mass is 10.2. The molecule has 0 spiro atoms. The number of carbonyl (C=O) groups excluding carboxylic acids is 1.